The van der Waals surface area contributed by atoms with Crippen molar-refractivity contribution in [2.75, 3.05) is 0 Å². The second-order valence-corrected chi connectivity index (χ2v) is 6.36. The first-order chi connectivity index (χ1) is 10.1. The molecular formula is C18H19BrN2. The zero-order valence-electron chi connectivity index (χ0n) is 12.3. The van der Waals surface area contributed by atoms with Crippen LogP contribution in [0.2, 0.25) is 0 Å². The van der Waals surface area contributed by atoms with Gasteiger partial charge in [-0.25, -0.2) is 0 Å². The van der Waals surface area contributed by atoms with Crippen LogP contribution in [0, 0.1) is 0 Å². The van der Waals surface area contributed by atoms with Gasteiger partial charge in [0.05, 0.1) is 0 Å². The summed E-state index contributed by atoms with van der Waals surface area (Å²) in [6.07, 6.45) is 2.21. The molecule has 0 fully saturated rings. The third-order valence-electron chi connectivity index (χ3n) is 3.93. The van der Waals surface area contributed by atoms with E-state index in [1.807, 2.05) is 0 Å². The fourth-order valence-electron chi connectivity index (χ4n) is 2.72. The van der Waals surface area contributed by atoms with Crippen LogP contribution >= 0.6 is 15.9 Å². The third-order valence-corrected chi connectivity index (χ3v) is 4.42. The standard InChI is InChI=1S/C18H19BrN2/c1-13(14-6-5-7-16(19)10-14)20-11-15-12-21(2)18-9-4-3-8-17(15)18/h3-10,12-13,20H,11H2,1-2H3. The number of rotatable bonds is 4. The Hall–Kier alpha value is -1.58. The van der Waals surface area contributed by atoms with Crippen LogP contribution in [0.1, 0.15) is 24.1 Å². The van der Waals surface area contributed by atoms with Crippen molar-refractivity contribution in [2.24, 2.45) is 7.05 Å². The van der Waals surface area contributed by atoms with Crippen molar-refractivity contribution in [2.45, 2.75) is 19.5 Å². The van der Waals surface area contributed by atoms with E-state index in [2.05, 4.69) is 94.5 Å². The van der Waals surface area contributed by atoms with Gasteiger partial charge in [0, 0.05) is 41.2 Å². The van der Waals surface area contributed by atoms with Crippen molar-refractivity contribution in [3.05, 3.63) is 70.3 Å². The number of aryl methyl sites for hydroxylation is 1. The van der Waals surface area contributed by atoms with Crippen molar-refractivity contribution in [3.63, 3.8) is 0 Å². The van der Waals surface area contributed by atoms with Crippen LogP contribution in [-0.2, 0) is 13.6 Å². The van der Waals surface area contributed by atoms with Gasteiger partial charge >= 0.3 is 0 Å². The van der Waals surface area contributed by atoms with E-state index in [1.165, 1.54) is 22.0 Å². The number of benzene rings is 2. The molecule has 1 N–H and O–H groups in total. The molecule has 0 spiro atoms. The molecule has 0 aliphatic heterocycles. The van der Waals surface area contributed by atoms with Gasteiger partial charge in [-0.05, 0) is 36.2 Å². The highest BCUT2D eigenvalue weighted by molar-refractivity contribution is 9.10. The smallest absolute Gasteiger partial charge is 0.0481 e. The first-order valence-corrected chi connectivity index (χ1v) is 7.96. The summed E-state index contributed by atoms with van der Waals surface area (Å²) in [6, 6.07) is 17.3. The van der Waals surface area contributed by atoms with Crippen LogP contribution < -0.4 is 5.32 Å². The molecule has 1 unspecified atom stereocenters. The maximum Gasteiger partial charge on any atom is 0.0481 e. The summed E-state index contributed by atoms with van der Waals surface area (Å²) < 4.78 is 3.31. The molecule has 3 aromatic rings. The Labute approximate surface area is 133 Å². The number of nitrogens with one attached hydrogen (secondary N) is 1. The second kappa shape index (κ2) is 6.04. The third kappa shape index (κ3) is 3.04. The number of hydrogen-bond acceptors (Lipinski definition) is 1. The summed E-state index contributed by atoms with van der Waals surface area (Å²) in [4.78, 5) is 0. The van der Waals surface area contributed by atoms with Crippen molar-refractivity contribution < 1.29 is 0 Å². The molecular weight excluding hydrogens is 324 g/mol. The van der Waals surface area contributed by atoms with Gasteiger partial charge < -0.3 is 9.88 Å². The summed E-state index contributed by atoms with van der Waals surface area (Å²) in [6.45, 7) is 3.07. The monoisotopic (exact) mass is 342 g/mol. The summed E-state index contributed by atoms with van der Waals surface area (Å²) in [5.74, 6) is 0. The number of aromatic nitrogens is 1. The van der Waals surface area contributed by atoms with Crippen LogP contribution in [-0.4, -0.2) is 4.57 Å². The van der Waals surface area contributed by atoms with Crippen LogP contribution in [0.25, 0.3) is 10.9 Å². The molecule has 108 valence electrons. The largest absolute Gasteiger partial charge is 0.350 e. The van der Waals surface area contributed by atoms with Crippen molar-refractivity contribution in [1.82, 2.24) is 9.88 Å². The van der Waals surface area contributed by atoms with E-state index < -0.39 is 0 Å². The Morgan fingerprint density at radius 2 is 1.95 bits per heavy atom. The molecule has 0 aliphatic rings. The normalized spacial score (nSPS) is 12.7. The van der Waals surface area contributed by atoms with E-state index in [0.29, 0.717) is 6.04 Å². The summed E-state index contributed by atoms with van der Waals surface area (Å²) in [7, 11) is 2.10. The number of halogens is 1. The molecule has 0 amide bonds. The lowest BCUT2D eigenvalue weighted by Crippen LogP contribution is -2.17. The fraction of sp³-hybridized carbons (Fsp3) is 0.222. The summed E-state index contributed by atoms with van der Waals surface area (Å²) >= 11 is 3.53. The first-order valence-electron chi connectivity index (χ1n) is 7.17. The van der Waals surface area contributed by atoms with E-state index in [0.717, 1.165) is 11.0 Å². The molecule has 0 saturated heterocycles. The Bertz CT molecular complexity index is 761. The van der Waals surface area contributed by atoms with E-state index in [1.54, 1.807) is 0 Å². The lowest BCUT2D eigenvalue weighted by molar-refractivity contribution is 0.575. The van der Waals surface area contributed by atoms with Crippen LogP contribution in [0.15, 0.2) is 59.2 Å². The predicted molar refractivity (Wildman–Crippen MR) is 92.3 cm³/mol. The van der Waals surface area contributed by atoms with Gasteiger partial charge in [0.2, 0.25) is 0 Å². The predicted octanol–water partition coefficient (Wildman–Crippen LogP) is 4.79. The molecule has 3 rings (SSSR count). The van der Waals surface area contributed by atoms with Crippen molar-refractivity contribution in [1.29, 1.82) is 0 Å². The highest BCUT2D eigenvalue weighted by Crippen LogP contribution is 2.22. The van der Waals surface area contributed by atoms with Crippen LogP contribution in [0.5, 0.6) is 0 Å². The van der Waals surface area contributed by atoms with E-state index in [9.17, 15) is 0 Å². The second-order valence-electron chi connectivity index (χ2n) is 5.44. The zero-order chi connectivity index (χ0) is 14.8. The minimum atomic E-state index is 0.321. The molecule has 0 saturated carbocycles. The SMILES string of the molecule is CC(NCc1cn(C)c2ccccc12)c1cccc(Br)c1. The van der Waals surface area contributed by atoms with Crippen molar-refractivity contribution in [3.8, 4) is 0 Å². The van der Waals surface area contributed by atoms with Crippen molar-refractivity contribution >= 4 is 26.8 Å². The number of nitrogens with zero attached hydrogens (tertiary/aromatic N) is 1. The maximum absolute atomic E-state index is 3.61. The number of para-hydroxylation sites is 1. The highest BCUT2D eigenvalue weighted by atomic mass is 79.9. The summed E-state index contributed by atoms with van der Waals surface area (Å²) in [5.41, 5.74) is 3.92. The van der Waals surface area contributed by atoms with Gasteiger partial charge in [-0.3, -0.25) is 0 Å². The maximum atomic E-state index is 3.61. The number of fused-ring (bicyclic) bond motifs is 1. The Morgan fingerprint density at radius 1 is 1.14 bits per heavy atom. The van der Waals surface area contributed by atoms with Gasteiger partial charge in [-0.15, -0.1) is 0 Å². The van der Waals surface area contributed by atoms with Gasteiger partial charge in [0.25, 0.3) is 0 Å². The molecule has 0 aliphatic carbocycles. The fourth-order valence-corrected chi connectivity index (χ4v) is 3.14. The van der Waals surface area contributed by atoms with E-state index in [4.69, 9.17) is 0 Å². The van der Waals surface area contributed by atoms with Crippen LogP contribution in [0.3, 0.4) is 0 Å². The molecule has 0 radical (unpaired) electrons. The Balaban J connectivity index is 1.77. The molecule has 21 heavy (non-hydrogen) atoms. The van der Waals surface area contributed by atoms with Crippen LogP contribution in [0.4, 0.5) is 0 Å². The van der Waals surface area contributed by atoms with Gasteiger partial charge in [-0.2, -0.15) is 0 Å². The van der Waals surface area contributed by atoms with E-state index >= 15 is 0 Å². The topological polar surface area (TPSA) is 17.0 Å². The number of hydrogen-bond donors (Lipinski definition) is 1. The molecule has 0 bridgehead atoms. The van der Waals surface area contributed by atoms with Gasteiger partial charge in [0.1, 0.15) is 0 Å². The highest BCUT2D eigenvalue weighted by Gasteiger charge is 2.09. The molecule has 2 nitrogen and oxygen atoms in total. The van der Waals surface area contributed by atoms with Gasteiger partial charge in [-0.1, -0.05) is 46.3 Å². The Morgan fingerprint density at radius 3 is 2.76 bits per heavy atom. The lowest BCUT2D eigenvalue weighted by Gasteiger charge is -2.14. The zero-order valence-corrected chi connectivity index (χ0v) is 13.9. The Kier molecular flexibility index (Phi) is 4.13. The molecule has 2 aromatic carbocycles. The molecule has 1 atom stereocenters. The molecule has 1 aromatic heterocycles. The van der Waals surface area contributed by atoms with E-state index in [-0.39, 0.29) is 0 Å². The summed E-state index contributed by atoms with van der Waals surface area (Å²) in [5, 5.41) is 4.94. The average molecular weight is 343 g/mol. The lowest BCUT2D eigenvalue weighted by atomic mass is 10.1. The van der Waals surface area contributed by atoms with Gasteiger partial charge in [0.15, 0.2) is 0 Å². The quantitative estimate of drug-likeness (QED) is 0.721. The minimum Gasteiger partial charge on any atom is -0.350 e. The molecule has 1 heterocycles. The molecule has 3 heteroatoms. The first kappa shape index (κ1) is 14.4. The average Bonchev–Trinajstić information content (AvgIpc) is 2.82. The minimum absolute atomic E-state index is 0.321.